The number of hydrogen-bond donors (Lipinski definition) is 0. The predicted molar refractivity (Wildman–Crippen MR) is 106 cm³/mol. The fraction of sp³-hybridized carbons (Fsp3) is 0.550. The van der Waals surface area contributed by atoms with Crippen LogP contribution in [0.15, 0.2) is 18.2 Å². The highest BCUT2D eigenvalue weighted by Crippen LogP contribution is 2.36. The first kappa shape index (κ1) is 20.0. The topological polar surface area (TPSA) is 51.2 Å². The molecule has 0 aromatic heterocycles. The molecule has 0 radical (unpaired) electrons. The average molecular weight is 395 g/mol. The third-order valence-electron chi connectivity index (χ3n) is 5.04. The van der Waals surface area contributed by atoms with E-state index in [1.807, 2.05) is 4.90 Å². The molecular weight excluding hydrogens is 368 g/mol. The minimum absolute atomic E-state index is 0.0117. The minimum atomic E-state index is 0.0117. The van der Waals surface area contributed by atoms with Crippen molar-refractivity contribution >= 4 is 23.6 Å². The third-order valence-corrected chi connectivity index (χ3v) is 5.32. The molecule has 148 valence electrons. The normalized spacial score (nSPS) is 21.0. The number of amides is 1. The summed E-state index contributed by atoms with van der Waals surface area (Å²) in [5.74, 6) is 1.04. The lowest BCUT2D eigenvalue weighted by molar-refractivity contribution is -0.127. The highest BCUT2D eigenvalue weighted by molar-refractivity contribution is 6.32. The Bertz CT molecular complexity index is 681. The summed E-state index contributed by atoms with van der Waals surface area (Å²) in [4.78, 5) is 16.8. The zero-order valence-corrected chi connectivity index (χ0v) is 16.7. The number of nitrogens with zero attached hydrogens (tertiary/aromatic N) is 2. The zero-order valence-electron chi connectivity index (χ0n) is 15.9. The van der Waals surface area contributed by atoms with E-state index < -0.39 is 0 Å². The molecule has 0 bridgehead atoms. The van der Waals surface area contributed by atoms with Crippen molar-refractivity contribution in [1.29, 1.82) is 0 Å². The molecule has 2 saturated heterocycles. The van der Waals surface area contributed by atoms with Gasteiger partial charge in [-0.05, 0) is 36.6 Å². The molecule has 2 aliphatic rings. The molecule has 0 aliphatic carbocycles. The summed E-state index contributed by atoms with van der Waals surface area (Å²) in [6.07, 6.45) is 6.02. The van der Waals surface area contributed by atoms with Gasteiger partial charge in [0.2, 0.25) is 5.91 Å². The molecule has 6 nitrogen and oxygen atoms in total. The van der Waals surface area contributed by atoms with Gasteiger partial charge in [0.25, 0.3) is 0 Å². The van der Waals surface area contributed by atoms with Crippen LogP contribution in [-0.4, -0.2) is 75.4 Å². The molecule has 1 aromatic rings. The van der Waals surface area contributed by atoms with Crippen molar-refractivity contribution in [3.05, 3.63) is 28.8 Å². The van der Waals surface area contributed by atoms with Gasteiger partial charge in [-0.3, -0.25) is 9.69 Å². The predicted octanol–water partition coefficient (Wildman–Crippen LogP) is 2.69. The molecule has 2 heterocycles. The Labute approximate surface area is 165 Å². The van der Waals surface area contributed by atoms with Gasteiger partial charge in [-0.2, -0.15) is 0 Å². The maximum Gasteiger partial charge on any atom is 0.246 e. The van der Waals surface area contributed by atoms with Gasteiger partial charge in [0.1, 0.15) is 0 Å². The van der Waals surface area contributed by atoms with Gasteiger partial charge >= 0.3 is 0 Å². The summed E-state index contributed by atoms with van der Waals surface area (Å²) in [6, 6.07) is 3.56. The van der Waals surface area contributed by atoms with Crippen molar-refractivity contribution in [3.8, 4) is 11.5 Å². The van der Waals surface area contributed by atoms with Gasteiger partial charge in [-0.1, -0.05) is 11.6 Å². The van der Waals surface area contributed by atoms with E-state index in [1.54, 1.807) is 38.5 Å². The van der Waals surface area contributed by atoms with Gasteiger partial charge in [0.05, 0.1) is 25.3 Å². The van der Waals surface area contributed by atoms with Crippen molar-refractivity contribution in [3.63, 3.8) is 0 Å². The van der Waals surface area contributed by atoms with Gasteiger partial charge < -0.3 is 19.1 Å². The molecule has 7 heteroatoms. The Hall–Kier alpha value is -1.76. The largest absolute Gasteiger partial charge is 0.493 e. The van der Waals surface area contributed by atoms with Crippen molar-refractivity contribution in [2.75, 3.05) is 53.6 Å². The maximum atomic E-state index is 12.5. The van der Waals surface area contributed by atoms with Crippen molar-refractivity contribution in [1.82, 2.24) is 9.80 Å². The quantitative estimate of drug-likeness (QED) is 0.694. The SMILES string of the molecule is COc1cc(C=CC(=O)N2CCN(CC3CCCO3)CC2)cc(Cl)c1OC. The van der Waals surface area contributed by atoms with Gasteiger partial charge in [-0.15, -0.1) is 0 Å². The second kappa shape index (κ2) is 9.44. The zero-order chi connectivity index (χ0) is 19.2. The Morgan fingerprint density at radius 1 is 1.26 bits per heavy atom. The fourth-order valence-corrected chi connectivity index (χ4v) is 3.83. The highest BCUT2D eigenvalue weighted by atomic mass is 35.5. The number of methoxy groups -OCH3 is 2. The summed E-state index contributed by atoms with van der Waals surface area (Å²) in [7, 11) is 3.10. The second-order valence-electron chi connectivity index (χ2n) is 6.83. The van der Waals surface area contributed by atoms with E-state index in [9.17, 15) is 4.79 Å². The molecule has 0 saturated carbocycles. The highest BCUT2D eigenvalue weighted by Gasteiger charge is 2.24. The number of benzene rings is 1. The Kier molecular flexibility index (Phi) is 6.99. The molecule has 0 spiro atoms. The lowest BCUT2D eigenvalue weighted by atomic mass is 10.1. The van der Waals surface area contributed by atoms with E-state index in [-0.39, 0.29) is 5.91 Å². The molecule has 1 atom stereocenters. The van der Waals surface area contributed by atoms with Crippen molar-refractivity contribution in [2.45, 2.75) is 18.9 Å². The smallest absolute Gasteiger partial charge is 0.246 e. The number of halogens is 1. The Morgan fingerprint density at radius 2 is 2.04 bits per heavy atom. The van der Waals surface area contributed by atoms with Crippen LogP contribution in [0.2, 0.25) is 5.02 Å². The van der Waals surface area contributed by atoms with Crippen LogP contribution in [0.1, 0.15) is 18.4 Å². The molecule has 1 aromatic carbocycles. The van der Waals surface area contributed by atoms with E-state index >= 15 is 0 Å². The number of rotatable bonds is 6. The van der Waals surface area contributed by atoms with Crippen LogP contribution < -0.4 is 9.47 Å². The van der Waals surface area contributed by atoms with Crippen LogP contribution in [-0.2, 0) is 9.53 Å². The van der Waals surface area contributed by atoms with E-state index in [0.29, 0.717) is 22.6 Å². The van der Waals surface area contributed by atoms with Crippen LogP contribution in [0.3, 0.4) is 0 Å². The molecule has 2 aliphatic heterocycles. The van der Waals surface area contributed by atoms with Crippen LogP contribution >= 0.6 is 11.6 Å². The second-order valence-corrected chi connectivity index (χ2v) is 7.24. The number of hydrogen-bond acceptors (Lipinski definition) is 5. The summed E-state index contributed by atoms with van der Waals surface area (Å²) < 4.78 is 16.2. The minimum Gasteiger partial charge on any atom is -0.493 e. The molecule has 3 rings (SSSR count). The fourth-order valence-electron chi connectivity index (χ4n) is 3.53. The molecular formula is C20H27ClN2O4. The number of piperazine rings is 1. The van der Waals surface area contributed by atoms with Crippen LogP contribution in [0, 0.1) is 0 Å². The van der Waals surface area contributed by atoms with Gasteiger partial charge in [0, 0.05) is 45.4 Å². The van der Waals surface area contributed by atoms with Gasteiger partial charge in [-0.25, -0.2) is 0 Å². The monoisotopic (exact) mass is 394 g/mol. The van der Waals surface area contributed by atoms with E-state index in [1.165, 1.54) is 0 Å². The molecule has 1 amide bonds. The summed E-state index contributed by atoms with van der Waals surface area (Å²) in [5, 5.41) is 0.451. The van der Waals surface area contributed by atoms with Crippen LogP contribution in [0.25, 0.3) is 6.08 Å². The lowest BCUT2D eigenvalue weighted by Crippen LogP contribution is -2.50. The first-order chi connectivity index (χ1) is 13.1. The summed E-state index contributed by atoms with van der Waals surface area (Å²) >= 11 is 6.21. The number of ether oxygens (including phenoxy) is 3. The van der Waals surface area contributed by atoms with Crippen LogP contribution in [0.4, 0.5) is 0 Å². The Balaban J connectivity index is 1.54. The van der Waals surface area contributed by atoms with Crippen molar-refractivity contribution < 1.29 is 19.0 Å². The average Bonchev–Trinajstić information content (AvgIpc) is 3.19. The first-order valence-corrected chi connectivity index (χ1v) is 9.71. The first-order valence-electron chi connectivity index (χ1n) is 9.33. The van der Waals surface area contributed by atoms with E-state index in [2.05, 4.69) is 4.90 Å². The number of carbonyl (C=O) groups excluding carboxylic acids is 1. The number of carbonyl (C=O) groups is 1. The van der Waals surface area contributed by atoms with E-state index in [4.69, 9.17) is 25.8 Å². The molecule has 0 N–H and O–H groups in total. The summed E-state index contributed by atoms with van der Waals surface area (Å²) in [5.41, 5.74) is 0.794. The van der Waals surface area contributed by atoms with Gasteiger partial charge in [0.15, 0.2) is 11.5 Å². The standard InChI is InChI=1S/C20H27ClN2O4/c1-25-18-13-15(12-17(21)20(18)26-2)5-6-19(24)23-9-7-22(8-10-23)14-16-4-3-11-27-16/h5-6,12-13,16H,3-4,7-11,14H2,1-2H3. The van der Waals surface area contributed by atoms with Crippen molar-refractivity contribution in [2.24, 2.45) is 0 Å². The summed E-state index contributed by atoms with van der Waals surface area (Å²) in [6.45, 7) is 5.12. The molecule has 27 heavy (non-hydrogen) atoms. The molecule has 2 fully saturated rings. The molecule has 1 unspecified atom stereocenters. The Morgan fingerprint density at radius 3 is 2.67 bits per heavy atom. The maximum absolute atomic E-state index is 12.5. The lowest BCUT2D eigenvalue weighted by Gasteiger charge is -2.35. The third kappa shape index (κ3) is 5.15. The van der Waals surface area contributed by atoms with Crippen LogP contribution in [0.5, 0.6) is 11.5 Å². The van der Waals surface area contributed by atoms with E-state index in [0.717, 1.165) is 57.7 Å².